The van der Waals surface area contributed by atoms with E-state index >= 15 is 0 Å². The van der Waals surface area contributed by atoms with Crippen LogP contribution < -0.4 is 11.1 Å². The van der Waals surface area contributed by atoms with E-state index in [0.717, 1.165) is 45.5 Å². The van der Waals surface area contributed by atoms with Crippen molar-refractivity contribution in [1.82, 2.24) is 10.2 Å². The fourth-order valence-corrected chi connectivity index (χ4v) is 2.53. The first-order valence-electron chi connectivity index (χ1n) is 8.34. The highest BCUT2D eigenvalue weighted by Gasteiger charge is 2.24. The summed E-state index contributed by atoms with van der Waals surface area (Å²) >= 11 is 0. The van der Waals surface area contributed by atoms with E-state index in [-0.39, 0.29) is 36.3 Å². The predicted octanol–water partition coefficient (Wildman–Crippen LogP) is 1.79. The van der Waals surface area contributed by atoms with Crippen LogP contribution in [-0.4, -0.2) is 55.2 Å². The zero-order valence-corrected chi connectivity index (χ0v) is 15.3. The molecule has 2 atom stereocenters. The third-order valence-electron chi connectivity index (χ3n) is 4.35. The zero-order chi connectivity index (χ0) is 15.8. The van der Waals surface area contributed by atoms with Crippen LogP contribution >= 0.6 is 12.4 Å². The number of nitrogens with zero attached hydrogens (tertiary/aromatic N) is 1. The first-order chi connectivity index (χ1) is 9.93. The van der Waals surface area contributed by atoms with E-state index in [1.165, 1.54) is 0 Å². The van der Waals surface area contributed by atoms with Gasteiger partial charge in [-0.1, -0.05) is 20.3 Å². The summed E-state index contributed by atoms with van der Waals surface area (Å²) in [5.41, 5.74) is 5.97. The molecule has 1 aliphatic rings. The summed E-state index contributed by atoms with van der Waals surface area (Å²) in [5.74, 6) is 0.240. The molecule has 0 bridgehead atoms. The van der Waals surface area contributed by atoms with Gasteiger partial charge in [-0.15, -0.1) is 12.4 Å². The lowest BCUT2D eigenvalue weighted by Crippen LogP contribution is -2.51. The third-order valence-corrected chi connectivity index (χ3v) is 4.35. The molecular weight excluding hydrogens is 302 g/mol. The van der Waals surface area contributed by atoms with Crippen molar-refractivity contribution in [3.05, 3.63) is 0 Å². The van der Waals surface area contributed by atoms with Crippen LogP contribution in [0.5, 0.6) is 0 Å². The van der Waals surface area contributed by atoms with Crippen LogP contribution in [0.25, 0.3) is 0 Å². The highest BCUT2D eigenvalue weighted by atomic mass is 35.5. The van der Waals surface area contributed by atoms with Gasteiger partial charge in [0.25, 0.3) is 0 Å². The summed E-state index contributed by atoms with van der Waals surface area (Å²) in [6.07, 6.45) is 3.23. The van der Waals surface area contributed by atoms with Crippen molar-refractivity contribution >= 4 is 18.3 Å². The number of likely N-dealkylation sites (tertiary alicyclic amines) is 1. The maximum Gasteiger partial charge on any atom is 0.237 e. The summed E-state index contributed by atoms with van der Waals surface area (Å²) in [7, 11) is 0. The average molecular weight is 336 g/mol. The highest BCUT2D eigenvalue weighted by molar-refractivity contribution is 5.85. The van der Waals surface area contributed by atoms with Gasteiger partial charge in [-0.05, 0) is 32.6 Å². The molecule has 1 amide bonds. The van der Waals surface area contributed by atoms with Gasteiger partial charge >= 0.3 is 0 Å². The number of carbonyl (C=O) groups is 1. The summed E-state index contributed by atoms with van der Waals surface area (Å²) in [6.45, 7) is 12.0. The average Bonchev–Trinajstić information content (AvgIpc) is 2.47. The maximum absolute atomic E-state index is 12.1. The van der Waals surface area contributed by atoms with Crippen LogP contribution in [0.2, 0.25) is 0 Å². The highest BCUT2D eigenvalue weighted by Crippen LogP contribution is 2.12. The van der Waals surface area contributed by atoms with Crippen LogP contribution in [0, 0.1) is 5.92 Å². The van der Waals surface area contributed by atoms with Gasteiger partial charge in [0, 0.05) is 25.7 Å². The van der Waals surface area contributed by atoms with Crippen LogP contribution in [-0.2, 0) is 9.53 Å². The molecule has 1 aliphatic heterocycles. The number of ether oxygens (including phenoxy) is 1. The van der Waals surface area contributed by atoms with Crippen LogP contribution in [0.4, 0.5) is 0 Å². The molecule has 0 aromatic rings. The summed E-state index contributed by atoms with van der Waals surface area (Å²) in [6, 6.07) is -0.109. The van der Waals surface area contributed by atoms with Gasteiger partial charge < -0.3 is 20.7 Å². The zero-order valence-electron chi connectivity index (χ0n) is 14.5. The van der Waals surface area contributed by atoms with E-state index in [1.54, 1.807) is 0 Å². The molecule has 3 N–H and O–H groups in total. The number of nitrogens with one attached hydrogen (secondary N) is 1. The van der Waals surface area contributed by atoms with E-state index in [9.17, 15) is 4.79 Å². The van der Waals surface area contributed by atoms with Crippen molar-refractivity contribution in [3.8, 4) is 0 Å². The molecule has 1 rings (SSSR count). The lowest BCUT2D eigenvalue weighted by Gasteiger charge is -2.33. The third kappa shape index (κ3) is 7.77. The van der Waals surface area contributed by atoms with Gasteiger partial charge in [0.15, 0.2) is 0 Å². The number of amides is 1. The van der Waals surface area contributed by atoms with Gasteiger partial charge in [0.05, 0.1) is 18.8 Å². The second kappa shape index (κ2) is 11.2. The Morgan fingerprint density at radius 1 is 1.32 bits per heavy atom. The smallest absolute Gasteiger partial charge is 0.237 e. The van der Waals surface area contributed by atoms with Gasteiger partial charge in [-0.2, -0.15) is 0 Å². The maximum atomic E-state index is 12.1. The number of nitrogens with two attached hydrogens (primary N) is 1. The number of hydrogen-bond acceptors (Lipinski definition) is 4. The molecule has 0 spiro atoms. The molecule has 1 saturated heterocycles. The number of hydrogen-bond donors (Lipinski definition) is 2. The minimum atomic E-state index is -0.382. The Morgan fingerprint density at radius 2 is 1.91 bits per heavy atom. The molecule has 1 heterocycles. The number of carbonyl (C=O) groups excluding carboxylic acids is 1. The quantitative estimate of drug-likeness (QED) is 0.709. The summed E-state index contributed by atoms with van der Waals surface area (Å²) < 4.78 is 5.58. The van der Waals surface area contributed by atoms with Gasteiger partial charge in [0.2, 0.25) is 5.91 Å². The molecule has 0 saturated carbocycles. The molecule has 0 aliphatic carbocycles. The van der Waals surface area contributed by atoms with Crippen LogP contribution in [0.15, 0.2) is 0 Å². The normalized spacial score (nSPS) is 19.5. The van der Waals surface area contributed by atoms with Crippen molar-refractivity contribution in [3.63, 3.8) is 0 Å². The van der Waals surface area contributed by atoms with Crippen molar-refractivity contribution in [2.45, 2.75) is 65.1 Å². The monoisotopic (exact) mass is 335 g/mol. The van der Waals surface area contributed by atoms with Crippen LogP contribution in [0.1, 0.15) is 47.0 Å². The van der Waals surface area contributed by atoms with E-state index in [1.807, 2.05) is 6.92 Å². The Hall–Kier alpha value is -0.360. The molecule has 1 fully saturated rings. The molecular formula is C16H34ClN3O2. The van der Waals surface area contributed by atoms with Gasteiger partial charge in [0.1, 0.15) is 0 Å². The Bertz CT molecular complexity index is 308. The fourth-order valence-electron chi connectivity index (χ4n) is 2.53. The fraction of sp³-hybridized carbons (Fsp3) is 0.938. The topological polar surface area (TPSA) is 67.6 Å². The predicted molar refractivity (Wildman–Crippen MR) is 93.4 cm³/mol. The van der Waals surface area contributed by atoms with Crippen molar-refractivity contribution in [1.29, 1.82) is 0 Å². The Kier molecular flexibility index (Phi) is 11.0. The van der Waals surface area contributed by atoms with Crippen molar-refractivity contribution in [2.24, 2.45) is 11.7 Å². The van der Waals surface area contributed by atoms with Gasteiger partial charge in [-0.25, -0.2) is 0 Å². The lowest BCUT2D eigenvalue weighted by molar-refractivity contribution is -0.124. The molecule has 0 aromatic heterocycles. The lowest BCUT2D eigenvalue weighted by atomic mass is 9.98. The Morgan fingerprint density at radius 3 is 2.41 bits per heavy atom. The standard InChI is InChI=1S/C16H33N3O2.ClH/c1-5-13(4)15(17)16(20)18-14-6-8-19(9-7-14)10-11-21-12(2)3;/h12-15H,5-11,17H2,1-4H3,(H,18,20);1H. The molecule has 132 valence electrons. The summed E-state index contributed by atoms with van der Waals surface area (Å²) in [5, 5.41) is 3.11. The molecule has 6 heteroatoms. The second-order valence-corrected chi connectivity index (χ2v) is 6.46. The van der Waals surface area contributed by atoms with E-state index in [4.69, 9.17) is 10.5 Å². The Balaban J connectivity index is 0.00000441. The molecule has 5 nitrogen and oxygen atoms in total. The Labute approximate surface area is 141 Å². The van der Waals surface area contributed by atoms with Crippen molar-refractivity contribution in [2.75, 3.05) is 26.2 Å². The molecule has 0 radical (unpaired) electrons. The number of piperidine rings is 1. The van der Waals surface area contributed by atoms with E-state index in [2.05, 4.69) is 31.0 Å². The van der Waals surface area contributed by atoms with Crippen LogP contribution in [0.3, 0.4) is 0 Å². The van der Waals surface area contributed by atoms with E-state index < -0.39 is 0 Å². The first kappa shape index (κ1) is 21.6. The number of halogens is 1. The summed E-state index contributed by atoms with van der Waals surface area (Å²) in [4.78, 5) is 14.5. The van der Waals surface area contributed by atoms with E-state index in [0.29, 0.717) is 6.10 Å². The van der Waals surface area contributed by atoms with Gasteiger partial charge in [-0.3, -0.25) is 4.79 Å². The van der Waals surface area contributed by atoms with Crippen molar-refractivity contribution < 1.29 is 9.53 Å². The minimum Gasteiger partial charge on any atom is -0.377 e. The number of rotatable bonds is 8. The second-order valence-electron chi connectivity index (χ2n) is 6.46. The minimum absolute atomic E-state index is 0. The molecule has 2 unspecified atom stereocenters. The molecule has 0 aromatic carbocycles. The first-order valence-corrected chi connectivity index (χ1v) is 8.34. The molecule has 22 heavy (non-hydrogen) atoms. The SMILES string of the molecule is CCC(C)C(N)C(=O)NC1CCN(CCOC(C)C)CC1.Cl. The largest absolute Gasteiger partial charge is 0.377 e.